The Morgan fingerprint density at radius 1 is 1.50 bits per heavy atom. The maximum Gasteiger partial charge on any atom is 0.252 e. The summed E-state index contributed by atoms with van der Waals surface area (Å²) in [5.74, 6) is -0.409. The molecule has 0 bridgehead atoms. The average molecular weight is 166 g/mol. The number of hydrogen-bond donors (Lipinski definition) is 1. The highest BCUT2D eigenvalue weighted by Crippen LogP contribution is 2.00. The lowest BCUT2D eigenvalue weighted by Crippen LogP contribution is -2.02. The van der Waals surface area contributed by atoms with Gasteiger partial charge in [0.15, 0.2) is 0 Å². The van der Waals surface area contributed by atoms with Gasteiger partial charge in [-0.2, -0.15) is 10.1 Å². The van der Waals surface area contributed by atoms with Crippen LogP contribution in [0.1, 0.15) is 6.85 Å². The fraction of sp³-hybridized carbons (Fsp3) is 0. The van der Waals surface area contributed by atoms with Crippen molar-refractivity contribution in [2.75, 3.05) is 5.73 Å². The molecule has 0 aromatic carbocycles. The second-order valence-corrected chi connectivity index (χ2v) is 1.91. The summed E-state index contributed by atoms with van der Waals surface area (Å²) in [5.41, 5.74) is 5.40. The molecule has 2 rings (SSSR count). The van der Waals surface area contributed by atoms with Crippen molar-refractivity contribution >= 4 is 5.82 Å². The fourth-order valence-electron chi connectivity index (χ4n) is 0.663. The van der Waals surface area contributed by atoms with E-state index in [1.54, 1.807) is 0 Å². The van der Waals surface area contributed by atoms with Gasteiger partial charge in [-0.05, 0) is 12.1 Å². The second kappa shape index (κ2) is 2.61. The molecule has 0 aliphatic heterocycles. The molecule has 0 amide bonds. The summed E-state index contributed by atoms with van der Waals surface area (Å²) in [7, 11) is 0. The predicted octanol–water partition coefficient (Wildman–Crippen LogP) is 0.244. The summed E-state index contributed by atoms with van der Waals surface area (Å²) in [6.07, 6.45) is -1.16. The minimum atomic E-state index is -0.402. The van der Waals surface area contributed by atoms with Gasteiger partial charge in [-0.15, -0.1) is 0 Å². The van der Waals surface area contributed by atoms with E-state index in [0.29, 0.717) is 0 Å². The van der Waals surface area contributed by atoms with Crippen LogP contribution in [0, 0.1) is 0 Å². The Balaban J connectivity index is 2.65. The Bertz CT molecular complexity index is 572. The van der Waals surface area contributed by atoms with E-state index in [9.17, 15) is 0 Å². The summed E-state index contributed by atoms with van der Waals surface area (Å²) < 4.78 is 37.6. The van der Waals surface area contributed by atoms with Gasteiger partial charge >= 0.3 is 0 Å². The molecular weight excluding hydrogens is 154 g/mol. The first-order chi connectivity index (χ1) is 7.91. The van der Waals surface area contributed by atoms with Gasteiger partial charge in [0, 0.05) is 18.5 Å². The molecule has 60 valence electrons. The molecule has 0 saturated heterocycles. The lowest BCUT2D eigenvalue weighted by molar-refractivity contribution is 0.810. The first kappa shape index (κ1) is 3.22. The van der Waals surface area contributed by atoms with Gasteiger partial charge in [0.25, 0.3) is 5.95 Å². The Morgan fingerprint density at radius 2 is 2.42 bits per heavy atom. The molecule has 12 heavy (non-hydrogen) atoms. The van der Waals surface area contributed by atoms with Crippen molar-refractivity contribution in [1.29, 1.82) is 0 Å². The van der Waals surface area contributed by atoms with E-state index in [-0.39, 0.29) is 30.0 Å². The first-order valence-electron chi connectivity index (χ1n) is 5.55. The van der Waals surface area contributed by atoms with Crippen LogP contribution in [0.15, 0.2) is 30.6 Å². The lowest BCUT2D eigenvalue weighted by Gasteiger charge is -1.98. The summed E-state index contributed by atoms with van der Waals surface area (Å²) in [4.78, 5) is 7.31. The van der Waals surface area contributed by atoms with Crippen molar-refractivity contribution in [2.24, 2.45) is 0 Å². The Hall–Kier alpha value is -1.91. The van der Waals surface area contributed by atoms with Gasteiger partial charge in [0.05, 0.1) is 6.85 Å². The SMILES string of the molecule is [2H]c1nc(-n2nc([2H])c([2H])c2[2H])nc(N)c1[2H]. The van der Waals surface area contributed by atoms with Crippen molar-refractivity contribution < 1.29 is 6.85 Å². The van der Waals surface area contributed by atoms with Gasteiger partial charge in [-0.25, -0.2) is 9.67 Å². The Morgan fingerprint density at radius 3 is 3.08 bits per heavy atom. The van der Waals surface area contributed by atoms with Crippen LogP contribution in [0.4, 0.5) is 5.82 Å². The topological polar surface area (TPSA) is 69.6 Å². The Kier molecular flexibility index (Phi) is 0.701. The zero-order valence-electron chi connectivity index (χ0n) is 10.9. The van der Waals surface area contributed by atoms with Crippen LogP contribution in [0.2, 0.25) is 0 Å². The zero-order valence-corrected chi connectivity index (χ0v) is 5.87. The van der Waals surface area contributed by atoms with E-state index in [0.717, 1.165) is 4.68 Å². The van der Waals surface area contributed by atoms with Crippen molar-refractivity contribution in [1.82, 2.24) is 19.7 Å². The van der Waals surface area contributed by atoms with E-state index in [4.69, 9.17) is 12.6 Å². The molecular formula is C7H7N5. The smallest absolute Gasteiger partial charge is 0.252 e. The fourth-order valence-corrected chi connectivity index (χ4v) is 0.663. The molecule has 0 fully saturated rings. The summed E-state index contributed by atoms with van der Waals surface area (Å²) in [6, 6.07) is -0.682. The third-order valence-electron chi connectivity index (χ3n) is 1.12. The molecule has 0 aliphatic carbocycles. The van der Waals surface area contributed by atoms with Crippen LogP contribution >= 0.6 is 0 Å². The highest BCUT2D eigenvalue weighted by Gasteiger charge is 1.97. The molecule has 2 heterocycles. The monoisotopic (exact) mass is 166 g/mol. The van der Waals surface area contributed by atoms with E-state index < -0.39 is 12.3 Å². The zero-order chi connectivity index (χ0) is 12.7. The average Bonchev–Trinajstić information content (AvgIpc) is 2.53. The van der Waals surface area contributed by atoms with Crippen molar-refractivity contribution in [3.63, 3.8) is 0 Å². The number of nitrogens with zero attached hydrogens (tertiary/aromatic N) is 4. The summed E-state index contributed by atoms with van der Waals surface area (Å²) in [5, 5.41) is 3.58. The van der Waals surface area contributed by atoms with E-state index in [1.165, 1.54) is 0 Å². The van der Waals surface area contributed by atoms with E-state index in [1.807, 2.05) is 0 Å². The molecule has 0 atom stereocenters. The number of nitrogens with two attached hydrogens (primary N) is 1. The van der Waals surface area contributed by atoms with Gasteiger partial charge in [0.2, 0.25) is 0 Å². The minimum absolute atomic E-state index is 0.194. The molecule has 0 aliphatic rings. The molecule has 2 aromatic heterocycles. The first-order valence-corrected chi connectivity index (χ1v) is 3.05. The number of aromatic nitrogens is 4. The molecule has 0 spiro atoms. The number of rotatable bonds is 1. The van der Waals surface area contributed by atoms with Crippen LogP contribution < -0.4 is 5.73 Å². The van der Waals surface area contributed by atoms with Crippen LogP contribution in [-0.4, -0.2) is 19.7 Å². The molecule has 2 N–H and O–H groups in total. The molecule has 2 aromatic rings. The Labute approximate surface area is 75.9 Å². The predicted molar refractivity (Wildman–Crippen MR) is 43.6 cm³/mol. The van der Waals surface area contributed by atoms with Gasteiger partial charge < -0.3 is 5.73 Å². The lowest BCUT2D eigenvalue weighted by atomic mass is 10.6. The third kappa shape index (κ3) is 1.12. The highest BCUT2D eigenvalue weighted by molar-refractivity contribution is 5.28. The van der Waals surface area contributed by atoms with Gasteiger partial charge in [-0.3, -0.25) is 0 Å². The summed E-state index contributed by atoms with van der Waals surface area (Å²) in [6.45, 7) is 0. The van der Waals surface area contributed by atoms with Gasteiger partial charge in [0.1, 0.15) is 5.82 Å². The van der Waals surface area contributed by atoms with Crippen molar-refractivity contribution in [3.05, 3.63) is 30.6 Å². The molecule has 5 heteroatoms. The minimum Gasteiger partial charge on any atom is -0.384 e. The van der Waals surface area contributed by atoms with Gasteiger partial charge in [-0.1, -0.05) is 0 Å². The van der Waals surface area contributed by atoms with E-state index in [2.05, 4.69) is 15.1 Å². The summed E-state index contributed by atoms with van der Waals surface area (Å²) >= 11 is 0. The number of nitrogen functional groups attached to an aromatic ring is 1. The normalized spacial score (nSPS) is 15.8. The maximum absolute atomic E-state index is 7.51. The van der Waals surface area contributed by atoms with Crippen molar-refractivity contribution in [3.8, 4) is 5.95 Å². The quantitative estimate of drug-likeness (QED) is 0.659. The van der Waals surface area contributed by atoms with Crippen LogP contribution in [0.5, 0.6) is 0 Å². The molecule has 0 unspecified atom stereocenters. The van der Waals surface area contributed by atoms with E-state index >= 15 is 0 Å². The van der Waals surface area contributed by atoms with Crippen LogP contribution in [0.25, 0.3) is 5.95 Å². The van der Waals surface area contributed by atoms with Crippen molar-refractivity contribution in [2.45, 2.75) is 0 Å². The molecule has 5 nitrogen and oxygen atoms in total. The molecule has 0 radical (unpaired) electrons. The number of anilines is 1. The largest absolute Gasteiger partial charge is 0.384 e. The third-order valence-corrected chi connectivity index (χ3v) is 1.12. The highest BCUT2D eigenvalue weighted by atomic mass is 15.3. The van der Waals surface area contributed by atoms with Crippen LogP contribution in [-0.2, 0) is 0 Å². The standard InChI is InChI=1S/C7H7N5/c8-6-2-4-9-7(11-6)12-5-1-3-10-12/h1-5H,(H2,8,9,11)/i1D,2D,3D,4D,5D. The molecule has 0 saturated carbocycles. The maximum atomic E-state index is 7.51. The second-order valence-electron chi connectivity index (χ2n) is 1.91. The number of hydrogen-bond acceptors (Lipinski definition) is 4. The van der Waals surface area contributed by atoms with Crippen LogP contribution in [0.3, 0.4) is 0 Å².